The fourth-order valence-corrected chi connectivity index (χ4v) is 0.482. The van der Waals surface area contributed by atoms with Crippen molar-refractivity contribution in [1.29, 1.82) is 0 Å². The van der Waals surface area contributed by atoms with E-state index in [1.807, 2.05) is 32.9 Å². The zero-order valence-corrected chi connectivity index (χ0v) is 8.76. The number of nitrogens with zero attached hydrogens (tertiary/aromatic N) is 1. The molecule has 1 N–H and O–H groups in total. The second-order valence-corrected chi connectivity index (χ2v) is 2.18. The van der Waals surface area contributed by atoms with Crippen LogP contribution in [0, 0.1) is 0 Å². The molecule has 0 saturated heterocycles. The molecule has 0 bridgehead atoms. The largest absolute Gasteiger partial charge is 0.296 e. The molecule has 74 valence electrons. The van der Waals surface area contributed by atoms with Gasteiger partial charge in [-0.2, -0.15) is 0 Å². The van der Waals surface area contributed by atoms with Gasteiger partial charge in [-0.3, -0.25) is 5.32 Å². The molecule has 0 aromatic rings. The number of allylic oxidation sites excluding steroid dienone is 1. The molecule has 1 atom stereocenters. The topological polar surface area (TPSA) is 15.3 Å². The third-order valence-electron chi connectivity index (χ3n) is 1.30. The summed E-state index contributed by atoms with van der Waals surface area (Å²) in [7, 11) is 1.40. The standard InChI is InChI=1S/C7H15FN2.C2H6/c1-4-5-6-9-7(2)10(3)8;1-2/h4-5,7,9H,6H2,1-3H3;1-2H3/b5-4-;. The van der Waals surface area contributed by atoms with Crippen LogP contribution in [0.5, 0.6) is 0 Å². The predicted octanol–water partition coefficient (Wildman–Crippen LogP) is 2.34. The maximum Gasteiger partial charge on any atom is 0.0863 e. The Hall–Kier alpha value is -0.410. The highest BCUT2D eigenvalue weighted by Crippen LogP contribution is 1.89. The highest BCUT2D eigenvalue weighted by molar-refractivity contribution is 4.79. The predicted molar refractivity (Wildman–Crippen MR) is 52.5 cm³/mol. The second-order valence-electron chi connectivity index (χ2n) is 2.18. The van der Waals surface area contributed by atoms with E-state index in [0.29, 0.717) is 11.7 Å². The number of halogens is 1. The smallest absolute Gasteiger partial charge is 0.0863 e. The van der Waals surface area contributed by atoms with Gasteiger partial charge in [-0.1, -0.05) is 26.0 Å². The summed E-state index contributed by atoms with van der Waals surface area (Å²) in [5.74, 6) is 0. The third kappa shape index (κ3) is 9.59. The van der Waals surface area contributed by atoms with E-state index in [9.17, 15) is 4.48 Å². The van der Waals surface area contributed by atoms with Gasteiger partial charge in [-0.15, -0.1) is 9.60 Å². The van der Waals surface area contributed by atoms with Gasteiger partial charge < -0.3 is 0 Å². The number of rotatable bonds is 4. The zero-order valence-electron chi connectivity index (χ0n) is 8.76. The highest BCUT2D eigenvalue weighted by atomic mass is 19.2. The lowest BCUT2D eigenvalue weighted by molar-refractivity contribution is 0.00359. The first-order valence-electron chi connectivity index (χ1n) is 4.41. The summed E-state index contributed by atoms with van der Waals surface area (Å²) in [5.41, 5.74) is 0. The average Bonchev–Trinajstić information content (AvgIpc) is 2.08. The fourth-order valence-electron chi connectivity index (χ4n) is 0.482. The first kappa shape index (κ1) is 14.1. The summed E-state index contributed by atoms with van der Waals surface area (Å²) in [6.07, 6.45) is 3.66. The van der Waals surface area contributed by atoms with Crippen LogP contribution >= 0.6 is 0 Å². The van der Waals surface area contributed by atoms with Gasteiger partial charge in [0.2, 0.25) is 0 Å². The van der Waals surface area contributed by atoms with E-state index >= 15 is 0 Å². The molecule has 1 unspecified atom stereocenters. The zero-order chi connectivity index (χ0) is 9.98. The Morgan fingerprint density at radius 1 is 1.50 bits per heavy atom. The monoisotopic (exact) mass is 176 g/mol. The SMILES string of the molecule is C/C=C\CNC(C)N(C)F.CC. The minimum absolute atomic E-state index is 0.212. The van der Waals surface area contributed by atoms with E-state index < -0.39 is 0 Å². The molecule has 2 nitrogen and oxygen atoms in total. The molecule has 0 heterocycles. The minimum Gasteiger partial charge on any atom is -0.296 e. The second kappa shape index (κ2) is 10.6. The Labute approximate surface area is 75.4 Å². The molecule has 0 aliphatic heterocycles. The van der Waals surface area contributed by atoms with Gasteiger partial charge in [0, 0.05) is 13.6 Å². The van der Waals surface area contributed by atoms with Gasteiger partial charge >= 0.3 is 0 Å². The Bertz CT molecular complexity index is 103. The van der Waals surface area contributed by atoms with Gasteiger partial charge in [-0.05, 0) is 13.8 Å². The highest BCUT2D eigenvalue weighted by Gasteiger charge is 2.03. The van der Waals surface area contributed by atoms with Crippen molar-refractivity contribution in [2.75, 3.05) is 13.6 Å². The first-order chi connectivity index (χ1) is 5.68. The molecule has 0 aliphatic rings. The average molecular weight is 176 g/mol. The van der Waals surface area contributed by atoms with E-state index in [1.165, 1.54) is 7.05 Å². The van der Waals surface area contributed by atoms with Crippen LogP contribution in [0.25, 0.3) is 0 Å². The molecule has 0 aromatic carbocycles. The Morgan fingerprint density at radius 2 is 2.00 bits per heavy atom. The van der Waals surface area contributed by atoms with Crippen LogP contribution in [0.3, 0.4) is 0 Å². The van der Waals surface area contributed by atoms with Crippen molar-refractivity contribution < 1.29 is 4.48 Å². The molecule has 12 heavy (non-hydrogen) atoms. The summed E-state index contributed by atoms with van der Waals surface area (Å²) >= 11 is 0. The Balaban J connectivity index is 0. The quantitative estimate of drug-likeness (QED) is 0.402. The summed E-state index contributed by atoms with van der Waals surface area (Å²) in [4.78, 5) is 0. The van der Waals surface area contributed by atoms with E-state index in [4.69, 9.17) is 0 Å². The van der Waals surface area contributed by atoms with Crippen molar-refractivity contribution in [3.63, 3.8) is 0 Å². The van der Waals surface area contributed by atoms with Gasteiger partial charge in [0.25, 0.3) is 0 Å². The third-order valence-corrected chi connectivity index (χ3v) is 1.30. The fraction of sp³-hybridized carbons (Fsp3) is 0.778. The van der Waals surface area contributed by atoms with Crippen molar-refractivity contribution in [1.82, 2.24) is 10.4 Å². The molecule has 0 spiro atoms. The molecule has 0 aromatic heterocycles. The van der Waals surface area contributed by atoms with Crippen LogP contribution < -0.4 is 5.32 Å². The van der Waals surface area contributed by atoms with Gasteiger partial charge in [0.1, 0.15) is 0 Å². The van der Waals surface area contributed by atoms with E-state index in [2.05, 4.69) is 5.32 Å². The molecule has 0 aliphatic carbocycles. The van der Waals surface area contributed by atoms with Gasteiger partial charge in [0.15, 0.2) is 0 Å². The summed E-state index contributed by atoms with van der Waals surface area (Å²) < 4.78 is 12.3. The van der Waals surface area contributed by atoms with E-state index in [1.54, 1.807) is 6.92 Å². The van der Waals surface area contributed by atoms with Crippen LogP contribution in [0.1, 0.15) is 27.7 Å². The van der Waals surface area contributed by atoms with Crippen LogP contribution in [-0.2, 0) is 0 Å². The molecular weight excluding hydrogens is 155 g/mol. The van der Waals surface area contributed by atoms with E-state index in [0.717, 1.165) is 0 Å². The minimum atomic E-state index is -0.212. The summed E-state index contributed by atoms with van der Waals surface area (Å²) in [5, 5.41) is 3.59. The van der Waals surface area contributed by atoms with Crippen molar-refractivity contribution in [2.45, 2.75) is 33.9 Å². The van der Waals surface area contributed by atoms with Crippen molar-refractivity contribution >= 4 is 0 Å². The van der Waals surface area contributed by atoms with Crippen LogP contribution in [0.15, 0.2) is 12.2 Å². The maximum atomic E-state index is 12.3. The molecule has 0 rings (SSSR count). The van der Waals surface area contributed by atoms with Crippen molar-refractivity contribution in [2.24, 2.45) is 0 Å². The Kier molecular flexibility index (Phi) is 12.5. The van der Waals surface area contributed by atoms with Crippen LogP contribution in [-0.4, -0.2) is 24.9 Å². The van der Waals surface area contributed by atoms with Gasteiger partial charge in [-0.25, -0.2) is 0 Å². The molecule has 0 radical (unpaired) electrons. The summed E-state index contributed by atoms with van der Waals surface area (Å²) in [6, 6.07) is 0. The number of nitrogens with one attached hydrogen (secondary N) is 1. The van der Waals surface area contributed by atoms with Crippen LogP contribution in [0.2, 0.25) is 0 Å². The van der Waals surface area contributed by atoms with E-state index in [-0.39, 0.29) is 6.17 Å². The van der Waals surface area contributed by atoms with Crippen LogP contribution in [0.4, 0.5) is 4.48 Å². The van der Waals surface area contributed by atoms with Crippen molar-refractivity contribution in [3.8, 4) is 0 Å². The summed E-state index contributed by atoms with van der Waals surface area (Å²) in [6.45, 7) is 8.42. The van der Waals surface area contributed by atoms with Gasteiger partial charge in [0.05, 0.1) is 6.17 Å². The lowest BCUT2D eigenvalue weighted by Crippen LogP contribution is -2.36. The molecule has 0 fully saturated rings. The molecule has 3 heteroatoms. The Morgan fingerprint density at radius 3 is 2.33 bits per heavy atom. The molecule has 0 saturated carbocycles. The lowest BCUT2D eigenvalue weighted by atomic mass is 10.5. The molecule has 0 amide bonds. The number of hydrogen-bond acceptors (Lipinski definition) is 2. The molecular formula is C9H21FN2. The lowest BCUT2D eigenvalue weighted by Gasteiger charge is -2.15. The first-order valence-corrected chi connectivity index (χ1v) is 4.41. The maximum absolute atomic E-state index is 12.3. The number of hydrogen-bond donors (Lipinski definition) is 1. The van der Waals surface area contributed by atoms with Crippen molar-refractivity contribution in [3.05, 3.63) is 12.2 Å². The normalized spacial score (nSPS) is 12.9.